The molecular formula is C19H27N3O4. The number of carbonyl (C=O) groups is 3. The molecule has 0 radical (unpaired) electrons. The fraction of sp³-hybridized carbons (Fsp3) is 0.526. The third-order valence-corrected chi connectivity index (χ3v) is 4.37. The first kappa shape index (κ1) is 19.8. The van der Waals surface area contributed by atoms with Crippen LogP contribution < -0.4 is 5.32 Å². The molecule has 142 valence electrons. The minimum Gasteiger partial charge on any atom is -0.450 e. The molecule has 1 aliphatic heterocycles. The van der Waals surface area contributed by atoms with Crippen LogP contribution in [0.15, 0.2) is 30.3 Å². The summed E-state index contributed by atoms with van der Waals surface area (Å²) in [6.07, 6.45) is -0.350. The van der Waals surface area contributed by atoms with Gasteiger partial charge in [0.2, 0.25) is 5.91 Å². The molecule has 0 aromatic heterocycles. The van der Waals surface area contributed by atoms with Gasteiger partial charge >= 0.3 is 6.09 Å². The van der Waals surface area contributed by atoms with Crippen LogP contribution >= 0.6 is 0 Å². The molecule has 1 fully saturated rings. The number of hydrogen-bond donors (Lipinski definition) is 1. The highest BCUT2D eigenvalue weighted by Crippen LogP contribution is 2.11. The van der Waals surface area contributed by atoms with Crippen molar-refractivity contribution in [2.75, 3.05) is 32.8 Å². The Morgan fingerprint density at radius 2 is 1.62 bits per heavy atom. The van der Waals surface area contributed by atoms with Crippen molar-refractivity contribution in [2.45, 2.75) is 26.8 Å². The maximum atomic E-state index is 12.9. The summed E-state index contributed by atoms with van der Waals surface area (Å²) in [5.74, 6) is -0.422. The molecule has 26 heavy (non-hydrogen) atoms. The van der Waals surface area contributed by atoms with Crippen LogP contribution in [-0.4, -0.2) is 66.5 Å². The first-order chi connectivity index (χ1) is 12.4. The number of nitrogens with zero attached hydrogens (tertiary/aromatic N) is 2. The number of rotatable bonds is 5. The molecule has 1 heterocycles. The molecule has 1 saturated heterocycles. The number of amides is 3. The summed E-state index contributed by atoms with van der Waals surface area (Å²) in [6.45, 7) is 7.64. The average Bonchev–Trinajstić information content (AvgIpc) is 2.66. The zero-order valence-electron chi connectivity index (χ0n) is 15.6. The zero-order chi connectivity index (χ0) is 19.1. The van der Waals surface area contributed by atoms with E-state index in [4.69, 9.17) is 4.74 Å². The molecule has 0 spiro atoms. The second-order valence-electron chi connectivity index (χ2n) is 6.57. The second kappa shape index (κ2) is 9.22. The summed E-state index contributed by atoms with van der Waals surface area (Å²) >= 11 is 0. The topological polar surface area (TPSA) is 79.0 Å². The van der Waals surface area contributed by atoms with Crippen molar-refractivity contribution < 1.29 is 19.1 Å². The Hall–Kier alpha value is -2.57. The third kappa shape index (κ3) is 4.97. The van der Waals surface area contributed by atoms with E-state index in [0.29, 0.717) is 38.3 Å². The van der Waals surface area contributed by atoms with Crippen molar-refractivity contribution in [2.24, 2.45) is 5.92 Å². The predicted octanol–water partition coefficient (Wildman–Crippen LogP) is 1.74. The number of benzene rings is 1. The van der Waals surface area contributed by atoms with Gasteiger partial charge in [-0.2, -0.15) is 0 Å². The van der Waals surface area contributed by atoms with Gasteiger partial charge in [-0.1, -0.05) is 32.0 Å². The first-order valence-electron chi connectivity index (χ1n) is 9.00. The molecule has 2 rings (SSSR count). The minimum atomic E-state index is -0.600. The Balaban J connectivity index is 1.97. The third-order valence-electron chi connectivity index (χ3n) is 4.37. The number of ether oxygens (including phenoxy) is 1. The van der Waals surface area contributed by atoms with E-state index in [1.165, 1.54) is 0 Å². The molecule has 0 bridgehead atoms. The largest absolute Gasteiger partial charge is 0.450 e. The lowest BCUT2D eigenvalue weighted by atomic mass is 10.0. The van der Waals surface area contributed by atoms with Gasteiger partial charge in [-0.3, -0.25) is 9.59 Å². The zero-order valence-corrected chi connectivity index (χ0v) is 15.6. The molecule has 1 N–H and O–H groups in total. The van der Waals surface area contributed by atoms with E-state index in [2.05, 4.69) is 5.32 Å². The molecule has 1 aromatic carbocycles. The van der Waals surface area contributed by atoms with Gasteiger partial charge in [0.15, 0.2) is 0 Å². The quantitative estimate of drug-likeness (QED) is 0.866. The highest BCUT2D eigenvalue weighted by Gasteiger charge is 2.32. The van der Waals surface area contributed by atoms with E-state index in [0.717, 1.165) is 0 Å². The van der Waals surface area contributed by atoms with E-state index < -0.39 is 6.04 Å². The molecule has 3 amide bonds. The standard InChI is InChI=1S/C19H27N3O4/c1-4-26-19(25)22-12-10-21(11-13-22)18(24)16(14(2)3)20-17(23)15-8-6-5-7-9-15/h5-9,14,16H,4,10-13H2,1-3H3,(H,20,23). The molecule has 1 atom stereocenters. The molecule has 0 saturated carbocycles. The van der Waals surface area contributed by atoms with Crippen molar-refractivity contribution in [3.8, 4) is 0 Å². The van der Waals surface area contributed by atoms with E-state index >= 15 is 0 Å². The summed E-state index contributed by atoms with van der Waals surface area (Å²) < 4.78 is 4.99. The molecule has 7 heteroatoms. The maximum absolute atomic E-state index is 12.9. The monoisotopic (exact) mass is 361 g/mol. The van der Waals surface area contributed by atoms with Gasteiger partial charge in [0, 0.05) is 31.7 Å². The van der Waals surface area contributed by atoms with Crippen LogP contribution in [0.2, 0.25) is 0 Å². The van der Waals surface area contributed by atoms with Crippen LogP contribution in [0.3, 0.4) is 0 Å². The average molecular weight is 361 g/mol. The molecule has 7 nitrogen and oxygen atoms in total. The molecule has 1 aromatic rings. The Kier molecular flexibility index (Phi) is 7.00. The smallest absolute Gasteiger partial charge is 0.409 e. The normalized spacial score (nSPS) is 15.5. The van der Waals surface area contributed by atoms with Gasteiger partial charge in [0.1, 0.15) is 6.04 Å². The lowest BCUT2D eigenvalue weighted by Gasteiger charge is -2.36. The van der Waals surface area contributed by atoms with Gasteiger partial charge in [-0.25, -0.2) is 4.79 Å². The van der Waals surface area contributed by atoms with Crippen molar-refractivity contribution in [1.29, 1.82) is 0 Å². The van der Waals surface area contributed by atoms with Crippen LogP contribution in [0.25, 0.3) is 0 Å². The van der Waals surface area contributed by atoms with Crippen molar-refractivity contribution in [3.63, 3.8) is 0 Å². The van der Waals surface area contributed by atoms with Gasteiger partial charge < -0.3 is 19.9 Å². The van der Waals surface area contributed by atoms with Gasteiger partial charge in [-0.15, -0.1) is 0 Å². The number of piperazine rings is 1. The highest BCUT2D eigenvalue weighted by molar-refractivity contribution is 5.97. The number of carbonyl (C=O) groups excluding carboxylic acids is 3. The lowest BCUT2D eigenvalue weighted by molar-refractivity contribution is -0.135. The van der Waals surface area contributed by atoms with Crippen LogP contribution in [0.4, 0.5) is 4.79 Å². The Labute approximate surface area is 154 Å². The van der Waals surface area contributed by atoms with Crippen LogP contribution in [0, 0.1) is 5.92 Å². The van der Waals surface area contributed by atoms with Crippen LogP contribution in [0.1, 0.15) is 31.1 Å². The fourth-order valence-electron chi connectivity index (χ4n) is 2.85. The molecule has 0 aliphatic carbocycles. The van der Waals surface area contributed by atoms with E-state index in [1.54, 1.807) is 41.0 Å². The van der Waals surface area contributed by atoms with Gasteiger partial charge in [0.25, 0.3) is 5.91 Å². The molecule has 1 unspecified atom stereocenters. The fourth-order valence-corrected chi connectivity index (χ4v) is 2.85. The SMILES string of the molecule is CCOC(=O)N1CCN(C(=O)C(NC(=O)c2ccccc2)C(C)C)CC1. The Morgan fingerprint density at radius 1 is 1.04 bits per heavy atom. The molecule has 1 aliphatic rings. The highest BCUT2D eigenvalue weighted by atomic mass is 16.6. The van der Waals surface area contributed by atoms with Crippen molar-refractivity contribution >= 4 is 17.9 Å². The number of nitrogens with one attached hydrogen (secondary N) is 1. The summed E-state index contributed by atoms with van der Waals surface area (Å²) in [5.41, 5.74) is 0.526. The lowest BCUT2D eigenvalue weighted by Crippen LogP contribution is -2.57. The van der Waals surface area contributed by atoms with E-state index in [1.807, 2.05) is 19.9 Å². The summed E-state index contributed by atoms with van der Waals surface area (Å²) in [7, 11) is 0. The first-order valence-corrected chi connectivity index (χ1v) is 9.00. The van der Waals surface area contributed by atoms with E-state index in [-0.39, 0.29) is 23.8 Å². The van der Waals surface area contributed by atoms with E-state index in [9.17, 15) is 14.4 Å². The maximum Gasteiger partial charge on any atom is 0.409 e. The van der Waals surface area contributed by atoms with Gasteiger partial charge in [-0.05, 0) is 25.0 Å². The van der Waals surface area contributed by atoms with Crippen LogP contribution in [0.5, 0.6) is 0 Å². The number of hydrogen-bond acceptors (Lipinski definition) is 4. The predicted molar refractivity (Wildman–Crippen MR) is 97.7 cm³/mol. The Bertz CT molecular complexity index is 625. The summed E-state index contributed by atoms with van der Waals surface area (Å²) in [4.78, 5) is 40.4. The summed E-state index contributed by atoms with van der Waals surface area (Å²) in [6, 6.07) is 8.25. The summed E-state index contributed by atoms with van der Waals surface area (Å²) in [5, 5.41) is 2.85. The second-order valence-corrected chi connectivity index (χ2v) is 6.57. The Morgan fingerprint density at radius 3 is 2.15 bits per heavy atom. The minimum absolute atomic E-state index is 0.0433. The van der Waals surface area contributed by atoms with Gasteiger partial charge in [0.05, 0.1) is 6.61 Å². The van der Waals surface area contributed by atoms with Crippen LogP contribution in [-0.2, 0) is 9.53 Å². The molecular weight excluding hydrogens is 334 g/mol. The van der Waals surface area contributed by atoms with Crippen molar-refractivity contribution in [1.82, 2.24) is 15.1 Å². The van der Waals surface area contributed by atoms with Crippen molar-refractivity contribution in [3.05, 3.63) is 35.9 Å².